The van der Waals surface area contributed by atoms with E-state index in [9.17, 15) is 20.1 Å². The smallest absolute Gasteiger partial charge is 0.188 e. The molecular weight excluding hydrogens is 364 g/mol. The quantitative estimate of drug-likeness (QED) is 0.349. The van der Waals surface area contributed by atoms with Crippen molar-refractivity contribution in [1.29, 1.82) is 0 Å². The van der Waals surface area contributed by atoms with Gasteiger partial charge < -0.3 is 29.2 Å². The van der Waals surface area contributed by atoms with E-state index in [2.05, 4.69) is 0 Å². The number of furan rings is 1. The summed E-state index contributed by atoms with van der Waals surface area (Å²) in [6, 6.07) is 1.60. The van der Waals surface area contributed by atoms with Gasteiger partial charge in [-0.2, -0.15) is 0 Å². The van der Waals surface area contributed by atoms with Gasteiger partial charge in [-0.1, -0.05) is 12.5 Å². The molecule has 7 heteroatoms. The van der Waals surface area contributed by atoms with Gasteiger partial charge in [0, 0.05) is 11.8 Å². The van der Waals surface area contributed by atoms with E-state index >= 15 is 0 Å². The predicted molar refractivity (Wildman–Crippen MR) is 101 cm³/mol. The first-order valence-corrected chi connectivity index (χ1v) is 9.83. The third-order valence-electron chi connectivity index (χ3n) is 5.88. The third kappa shape index (κ3) is 4.90. The van der Waals surface area contributed by atoms with Crippen LogP contribution in [0.3, 0.4) is 0 Å². The number of hydrogen-bond acceptors (Lipinski definition) is 7. The van der Waals surface area contributed by atoms with Crippen LogP contribution in [0, 0.1) is 11.8 Å². The van der Waals surface area contributed by atoms with Gasteiger partial charge in [-0.25, -0.2) is 0 Å². The molecule has 2 fully saturated rings. The first-order chi connectivity index (χ1) is 13.3. The van der Waals surface area contributed by atoms with Crippen LogP contribution in [-0.4, -0.2) is 64.3 Å². The first-order valence-electron chi connectivity index (χ1n) is 9.83. The number of carbonyl (C=O) groups is 1. The summed E-state index contributed by atoms with van der Waals surface area (Å²) in [4.78, 5) is 12.1. The summed E-state index contributed by atoms with van der Waals surface area (Å²) in [6.07, 6.45) is 2.28. The molecule has 7 nitrogen and oxygen atoms in total. The molecule has 1 aromatic heterocycles. The van der Waals surface area contributed by atoms with Crippen LogP contribution < -0.4 is 0 Å². The van der Waals surface area contributed by atoms with Crippen molar-refractivity contribution >= 4 is 5.78 Å². The molecule has 28 heavy (non-hydrogen) atoms. The number of aliphatic hydroxyl groups excluding tert-OH is 3. The Hall–Kier alpha value is -1.51. The Kier molecular flexibility index (Phi) is 6.73. The van der Waals surface area contributed by atoms with Crippen molar-refractivity contribution < 1.29 is 34.0 Å². The molecule has 1 aromatic rings. The van der Waals surface area contributed by atoms with Crippen molar-refractivity contribution in [3.05, 3.63) is 35.8 Å². The number of aliphatic hydroxyl groups is 3. The fraction of sp³-hybridized carbons (Fsp3) is 0.667. The van der Waals surface area contributed by atoms with Gasteiger partial charge in [0.25, 0.3) is 0 Å². The Morgan fingerprint density at radius 2 is 2.04 bits per heavy atom. The fourth-order valence-electron chi connectivity index (χ4n) is 3.80. The van der Waals surface area contributed by atoms with E-state index in [1.54, 1.807) is 19.9 Å². The summed E-state index contributed by atoms with van der Waals surface area (Å²) in [6.45, 7) is 5.80. The fourth-order valence-corrected chi connectivity index (χ4v) is 3.80. The van der Waals surface area contributed by atoms with E-state index < -0.39 is 24.4 Å². The van der Waals surface area contributed by atoms with Gasteiger partial charge in [-0.3, -0.25) is 4.79 Å². The van der Waals surface area contributed by atoms with Crippen molar-refractivity contribution in [2.75, 3.05) is 6.61 Å². The van der Waals surface area contributed by atoms with Crippen molar-refractivity contribution in [3.63, 3.8) is 0 Å². The normalized spacial score (nSPS) is 35.4. The number of rotatable bonds is 8. The largest absolute Gasteiger partial charge is 0.472 e. The monoisotopic (exact) mass is 394 g/mol. The van der Waals surface area contributed by atoms with Crippen molar-refractivity contribution in [1.82, 2.24) is 0 Å². The zero-order valence-electron chi connectivity index (χ0n) is 16.5. The molecule has 0 bridgehead atoms. The maximum Gasteiger partial charge on any atom is 0.188 e. The highest BCUT2D eigenvalue weighted by Gasteiger charge is 2.48. The Morgan fingerprint density at radius 1 is 1.29 bits per heavy atom. The van der Waals surface area contributed by atoms with E-state index in [1.165, 1.54) is 18.6 Å². The lowest BCUT2D eigenvalue weighted by atomic mass is 9.85. The summed E-state index contributed by atoms with van der Waals surface area (Å²) in [5.41, 5.74) is 1.23. The highest BCUT2D eigenvalue weighted by atomic mass is 16.6. The van der Waals surface area contributed by atoms with Gasteiger partial charge in [-0.05, 0) is 38.8 Å². The Labute approximate surface area is 164 Å². The summed E-state index contributed by atoms with van der Waals surface area (Å²) in [5.74, 6) is -0.358. The highest BCUT2D eigenvalue weighted by Crippen LogP contribution is 2.38. The number of epoxide rings is 1. The molecule has 156 valence electrons. The molecule has 8 atom stereocenters. The maximum absolute atomic E-state index is 12.1. The second kappa shape index (κ2) is 8.88. The average molecular weight is 394 g/mol. The van der Waals surface area contributed by atoms with Crippen molar-refractivity contribution in [2.45, 2.75) is 70.2 Å². The summed E-state index contributed by atoms with van der Waals surface area (Å²) >= 11 is 0. The highest BCUT2D eigenvalue weighted by molar-refractivity contribution is 6.04. The minimum Gasteiger partial charge on any atom is -0.472 e. The number of ether oxygens (including phenoxy) is 2. The number of allylic oxidation sites excluding steroid dienone is 1. The lowest BCUT2D eigenvalue weighted by Crippen LogP contribution is -2.50. The van der Waals surface area contributed by atoms with E-state index in [0.717, 1.165) is 5.57 Å². The second-order valence-corrected chi connectivity index (χ2v) is 8.16. The minimum atomic E-state index is -1.03. The summed E-state index contributed by atoms with van der Waals surface area (Å²) in [7, 11) is 0. The molecule has 0 unspecified atom stereocenters. The molecule has 2 aliphatic rings. The van der Waals surface area contributed by atoms with E-state index in [1.807, 2.05) is 6.92 Å². The van der Waals surface area contributed by atoms with Gasteiger partial charge in [0.15, 0.2) is 5.78 Å². The van der Waals surface area contributed by atoms with Gasteiger partial charge in [0.1, 0.15) is 12.4 Å². The van der Waals surface area contributed by atoms with Crippen molar-refractivity contribution in [2.24, 2.45) is 11.8 Å². The predicted octanol–water partition coefficient (Wildman–Crippen LogP) is 1.71. The van der Waals surface area contributed by atoms with Gasteiger partial charge in [0.05, 0.1) is 49.0 Å². The minimum absolute atomic E-state index is 0.0128. The lowest BCUT2D eigenvalue weighted by Gasteiger charge is -2.38. The van der Waals surface area contributed by atoms with Gasteiger partial charge in [0.2, 0.25) is 0 Å². The SMILES string of the molecule is C/C(=C\C(=O)c1ccoc1)C[C@@H]1OC[C@H](C[C@@H]2O[C@H]2[C@@H](C)[C@H](C)O)[C@@H](O)[C@H]1O. The van der Waals surface area contributed by atoms with Crippen molar-refractivity contribution in [3.8, 4) is 0 Å². The molecule has 0 aliphatic carbocycles. The van der Waals surface area contributed by atoms with Crippen LogP contribution >= 0.6 is 0 Å². The zero-order valence-corrected chi connectivity index (χ0v) is 16.5. The first kappa shape index (κ1) is 21.2. The molecule has 0 aromatic carbocycles. The topological polar surface area (TPSA) is 113 Å². The molecule has 3 N–H and O–H groups in total. The molecular formula is C21H30O7. The molecule has 3 heterocycles. The second-order valence-electron chi connectivity index (χ2n) is 8.16. The molecule has 0 saturated carbocycles. The maximum atomic E-state index is 12.1. The molecule has 0 amide bonds. The third-order valence-corrected chi connectivity index (χ3v) is 5.88. The zero-order chi connectivity index (χ0) is 20.4. The van der Waals surface area contributed by atoms with Gasteiger partial charge in [-0.15, -0.1) is 0 Å². The molecule has 0 radical (unpaired) electrons. The molecule has 2 saturated heterocycles. The number of hydrogen-bond donors (Lipinski definition) is 3. The molecule has 0 spiro atoms. The number of ketones is 1. The molecule has 3 rings (SSSR count). The van der Waals surface area contributed by atoms with Crippen LogP contribution in [0.2, 0.25) is 0 Å². The Bertz CT molecular complexity index is 681. The van der Waals surface area contributed by atoms with Crippen LogP contribution in [0.4, 0.5) is 0 Å². The lowest BCUT2D eigenvalue weighted by molar-refractivity contribution is -0.165. The van der Waals surface area contributed by atoms with E-state index in [4.69, 9.17) is 13.9 Å². The van der Waals surface area contributed by atoms with E-state index in [0.29, 0.717) is 25.0 Å². The van der Waals surface area contributed by atoms with E-state index in [-0.39, 0.29) is 29.8 Å². The van der Waals surface area contributed by atoms with Gasteiger partial charge >= 0.3 is 0 Å². The van der Waals surface area contributed by atoms with Crippen LogP contribution in [0.1, 0.15) is 44.0 Å². The molecule has 2 aliphatic heterocycles. The standard InChI is InChI=1S/C21H30O7/c1-11(6-16(23)14-4-5-26-9-14)7-17-20(25)19(24)15(10-27-17)8-18-21(28-18)12(2)13(3)22/h4-6,9,12-13,15,17-22,24-25H,7-8,10H2,1-3H3/b11-6+/t12-,13-,15-,17-,18-,19+,20-,21-/m0/s1. The summed E-state index contributed by atoms with van der Waals surface area (Å²) < 4.78 is 16.3. The summed E-state index contributed by atoms with van der Waals surface area (Å²) in [5, 5.41) is 30.7. The van der Waals surface area contributed by atoms with Crippen LogP contribution in [0.5, 0.6) is 0 Å². The van der Waals surface area contributed by atoms with Crippen LogP contribution in [-0.2, 0) is 9.47 Å². The average Bonchev–Trinajstić information content (AvgIpc) is 3.17. The Balaban J connectivity index is 1.50. The Morgan fingerprint density at radius 3 is 2.68 bits per heavy atom. The van der Waals surface area contributed by atoms with Crippen LogP contribution in [0.25, 0.3) is 0 Å². The van der Waals surface area contributed by atoms with Crippen LogP contribution in [0.15, 0.2) is 34.7 Å². The number of carbonyl (C=O) groups excluding carboxylic acids is 1.